The van der Waals surface area contributed by atoms with Crippen LogP contribution in [0.15, 0.2) is 24.3 Å². The minimum Gasteiger partial charge on any atom is -0.451 e. The molecule has 23 heavy (non-hydrogen) atoms. The standard InChI is InChI=1S/C16H19ClN2O4/c1-9(18-15(21)11-3-5-12(17)6-4-11)16(22)23-10(2)14(20)19-13-7-8-13/h3-6,9-10,13H,7-8H2,1-2H3,(H,18,21)(H,19,20)/t9-,10+/m0/s1. The van der Waals surface area contributed by atoms with Gasteiger partial charge in [0.15, 0.2) is 6.10 Å². The lowest BCUT2D eigenvalue weighted by molar-refractivity contribution is -0.156. The van der Waals surface area contributed by atoms with Crippen molar-refractivity contribution in [2.75, 3.05) is 0 Å². The van der Waals surface area contributed by atoms with E-state index >= 15 is 0 Å². The molecule has 0 bridgehead atoms. The van der Waals surface area contributed by atoms with Gasteiger partial charge in [-0.1, -0.05) is 11.6 Å². The fourth-order valence-electron chi connectivity index (χ4n) is 1.82. The monoisotopic (exact) mass is 338 g/mol. The van der Waals surface area contributed by atoms with Gasteiger partial charge in [0, 0.05) is 16.6 Å². The summed E-state index contributed by atoms with van der Waals surface area (Å²) in [5.41, 5.74) is 0.383. The summed E-state index contributed by atoms with van der Waals surface area (Å²) >= 11 is 5.76. The first-order valence-corrected chi connectivity index (χ1v) is 7.82. The van der Waals surface area contributed by atoms with Crippen LogP contribution < -0.4 is 10.6 Å². The molecule has 1 aromatic carbocycles. The molecule has 1 saturated carbocycles. The number of esters is 1. The highest BCUT2D eigenvalue weighted by atomic mass is 35.5. The van der Waals surface area contributed by atoms with Crippen molar-refractivity contribution in [2.45, 2.75) is 44.9 Å². The summed E-state index contributed by atoms with van der Waals surface area (Å²) in [5.74, 6) is -1.40. The summed E-state index contributed by atoms with van der Waals surface area (Å²) in [5, 5.41) is 5.80. The SMILES string of the molecule is C[C@H](NC(=O)c1ccc(Cl)cc1)C(=O)O[C@H](C)C(=O)NC1CC1. The number of ether oxygens (including phenoxy) is 1. The van der Waals surface area contributed by atoms with E-state index in [1.54, 1.807) is 24.3 Å². The lowest BCUT2D eigenvalue weighted by Gasteiger charge is -2.17. The zero-order valence-electron chi connectivity index (χ0n) is 13.0. The highest BCUT2D eigenvalue weighted by molar-refractivity contribution is 6.30. The Hall–Kier alpha value is -2.08. The van der Waals surface area contributed by atoms with E-state index in [0.717, 1.165) is 12.8 Å². The van der Waals surface area contributed by atoms with Gasteiger partial charge in [0.25, 0.3) is 11.8 Å². The summed E-state index contributed by atoms with van der Waals surface area (Å²) in [7, 11) is 0. The number of carbonyl (C=O) groups is 3. The zero-order chi connectivity index (χ0) is 17.0. The van der Waals surface area contributed by atoms with Crippen LogP contribution in [0.25, 0.3) is 0 Å². The first kappa shape index (κ1) is 17.3. The van der Waals surface area contributed by atoms with Crippen LogP contribution in [0.3, 0.4) is 0 Å². The van der Waals surface area contributed by atoms with Crippen LogP contribution in [0.5, 0.6) is 0 Å². The summed E-state index contributed by atoms with van der Waals surface area (Å²) in [6, 6.07) is 5.62. The van der Waals surface area contributed by atoms with Gasteiger partial charge >= 0.3 is 5.97 Å². The Morgan fingerprint density at radius 1 is 1.17 bits per heavy atom. The molecule has 0 aromatic heterocycles. The topological polar surface area (TPSA) is 84.5 Å². The maximum atomic E-state index is 12.0. The Morgan fingerprint density at radius 2 is 1.78 bits per heavy atom. The van der Waals surface area contributed by atoms with Crippen LogP contribution in [-0.2, 0) is 14.3 Å². The summed E-state index contributed by atoms with van der Waals surface area (Å²) < 4.78 is 5.07. The molecule has 2 amide bonds. The lowest BCUT2D eigenvalue weighted by Crippen LogP contribution is -2.43. The molecule has 1 aromatic rings. The van der Waals surface area contributed by atoms with Crippen molar-refractivity contribution < 1.29 is 19.1 Å². The summed E-state index contributed by atoms with van der Waals surface area (Å²) in [4.78, 5) is 35.7. The molecule has 2 atom stereocenters. The van der Waals surface area contributed by atoms with Gasteiger partial charge in [-0.15, -0.1) is 0 Å². The van der Waals surface area contributed by atoms with E-state index in [-0.39, 0.29) is 11.9 Å². The van der Waals surface area contributed by atoms with Crippen LogP contribution in [0.1, 0.15) is 37.0 Å². The second-order valence-corrected chi connectivity index (χ2v) is 6.00. The van der Waals surface area contributed by atoms with Crippen molar-refractivity contribution in [3.63, 3.8) is 0 Å². The van der Waals surface area contributed by atoms with E-state index in [9.17, 15) is 14.4 Å². The maximum absolute atomic E-state index is 12.0. The van der Waals surface area contributed by atoms with Crippen molar-refractivity contribution in [1.82, 2.24) is 10.6 Å². The van der Waals surface area contributed by atoms with Gasteiger partial charge in [0.1, 0.15) is 6.04 Å². The number of hydrogen-bond donors (Lipinski definition) is 2. The van der Waals surface area contributed by atoms with Gasteiger partial charge < -0.3 is 15.4 Å². The van der Waals surface area contributed by atoms with Gasteiger partial charge in [-0.2, -0.15) is 0 Å². The number of carbonyl (C=O) groups excluding carboxylic acids is 3. The molecule has 0 radical (unpaired) electrons. The third-order valence-corrected chi connectivity index (χ3v) is 3.65. The van der Waals surface area contributed by atoms with E-state index < -0.39 is 24.0 Å². The molecule has 1 aliphatic carbocycles. The molecule has 2 N–H and O–H groups in total. The lowest BCUT2D eigenvalue weighted by atomic mass is 10.2. The number of nitrogens with one attached hydrogen (secondary N) is 2. The smallest absolute Gasteiger partial charge is 0.329 e. The Labute approximate surface area is 139 Å². The predicted octanol–water partition coefficient (Wildman–Crippen LogP) is 1.67. The Balaban J connectivity index is 1.82. The minimum atomic E-state index is -0.891. The molecule has 1 aliphatic rings. The van der Waals surface area contributed by atoms with Crippen LogP contribution >= 0.6 is 11.6 Å². The molecular formula is C16H19ClN2O4. The molecule has 0 unspecified atom stereocenters. The van der Waals surface area contributed by atoms with E-state index in [4.69, 9.17) is 16.3 Å². The average Bonchev–Trinajstić information content (AvgIpc) is 3.31. The van der Waals surface area contributed by atoms with E-state index in [0.29, 0.717) is 10.6 Å². The van der Waals surface area contributed by atoms with Gasteiger partial charge in [0.05, 0.1) is 0 Å². The minimum absolute atomic E-state index is 0.200. The normalized spacial score (nSPS) is 16.1. The molecule has 124 valence electrons. The Bertz CT molecular complexity index is 599. The molecule has 0 heterocycles. The van der Waals surface area contributed by atoms with Crippen molar-refractivity contribution >= 4 is 29.4 Å². The quantitative estimate of drug-likeness (QED) is 0.773. The first-order chi connectivity index (χ1) is 10.9. The summed E-state index contributed by atoms with van der Waals surface area (Å²) in [6.45, 7) is 3.00. The van der Waals surface area contributed by atoms with Gasteiger partial charge in [-0.25, -0.2) is 4.79 Å². The van der Waals surface area contributed by atoms with Gasteiger partial charge in [-0.05, 0) is 51.0 Å². The number of benzene rings is 1. The van der Waals surface area contributed by atoms with E-state index in [2.05, 4.69) is 10.6 Å². The number of amides is 2. The zero-order valence-corrected chi connectivity index (χ0v) is 13.7. The molecule has 2 rings (SSSR count). The number of rotatable bonds is 6. The Kier molecular flexibility index (Phi) is 5.60. The van der Waals surface area contributed by atoms with Gasteiger partial charge in [-0.3, -0.25) is 9.59 Å². The predicted molar refractivity (Wildman–Crippen MR) is 85.1 cm³/mol. The van der Waals surface area contributed by atoms with Crippen molar-refractivity contribution in [1.29, 1.82) is 0 Å². The van der Waals surface area contributed by atoms with Crippen LogP contribution in [-0.4, -0.2) is 36.0 Å². The van der Waals surface area contributed by atoms with Gasteiger partial charge in [0.2, 0.25) is 0 Å². The number of halogens is 1. The fourth-order valence-corrected chi connectivity index (χ4v) is 1.94. The third kappa shape index (κ3) is 5.25. The van der Waals surface area contributed by atoms with E-state index in [1.165, 1.54) is 13.8 Å². The second-order valence-electron chi connectivity index (χ2n) is 5.56. The summed E-state index contributed by atoms with van der Waals surface area (Å²) in [6.07, 6.45) is 1.03. The van der Waals surface area contributed by atoms with Crippen molar-refractivity contribution in [3.05, 3.63) is 34.9 Å². The molecule has 7 heteroatoms. The maximum Gasteiger partial charge on any atom is 0.329 e. The highest BCUT2D eigenvalue weighted by Gasteiger charge is 2.28. The molecule has 6 nitrogen and oxygen atoms in total. The Morgan fingerprint density at radius 3 is 2.35 bits per heavy atom. The molecule has 1 fully saturated rings. The second kappa shape index (κ2) is 7.46. The van der Waals surface area contributed by atoms with Crippen molar-refractivity contribution in [2.24, 2.45) is 0 Å². The largest absolute Gasteiger partial charge is 0.451 e. The number of hydrogen-bond acceptors (Lipinski definition) is 4. The van der Waals surface area contributed by atoms with Crippen LogP contribution in [0.2, 0.25) is 5.02 Å². The molecule has 0 spiro atoms. The van der Waals surface area contributed by atoms with Crippen molar-refractivity contribution in [3.8, 4) is 0 Å². The fraction of sp³-hybridized carbons (Fsp3) is 0.438. The molecule has 0 saturated heterocycles. The van der Waals surface area contributed by atoms with E-state index in [1.807, 2.05) is 0 Å². The highest BCUT2D eigenvalue weighted by Crippen LogP contribution is 2.18. The molecule has 0 aliphatic heterocycles. The molecular weight excluding hydrogens is 320 g/mol. The van der Waals surface area contributed by atoms with Crippen LogP contribution in [0, 0.1) is 0 Å². The van der Waals surface area contributed by atoms with Crippen LogP contribution in [0.4, 0.5) is 0 Å². The third-order valence-electron chi connectivity index (χ3n) is 3.39. The first-order valence-electron chi connectivity index (χ1n) is 7.44. The average molecular weight is 339 g/mol.